The first-order valence-electron chi connectivity index (χ1n) is 6.25. The van der Waals surface area contributed by atoms with Crippen molar-refractivity contribution >= 4 is 11.6 Å². The van der Waals surface area contributed by atoms with Crippen LogP contribution in [0.3, 0.4) is 0 Å². The molecular formula is C13H21ClN2O. The Labute approximate surface area is 108 Å². The summed E-state index contributed by atoms with van der Waals surface area (Å²) in [7, 11) is 0. The van der Waals surface area contributed by atoms with E-state index in [2.05, 4.69) is 11.9 Å². The van der Waals surface area contributed by atoms with Crippen LogP contribution in [0.15, 0.2) is 12.3 Å². The third-order valence-corrected chi connectivity index (χ3v) is 2.86. The summed E-state index contributed by atoms with van der Waals surface area (Å²) < 4.78 is 5.53. The minimum Gasteiger partial charge on any atom is -0.477 e. The zero-order valence-electron chi connectivity index (χ0n) is 10.4. The fourth-order valence-corrected chi connectivity index (χ4v) is 1.80. The Morgan fingerprint density at radius 3 is 2.71 bits per heavy atom. The van der Waals surface area contributed by atoms with Crippen molar-refractivity contribution in [1.29, 1.82) is 0 Å². The van der Waals surface area contributed by atoms with Crippen molar-refractivity contribution < 1.29 is 4.74 Å². The van der Waals surface area contributed by atoms with E-state index in [0.29, 0.717) is 24.1 Å². The lowest BCUT2D eigenvalue weighted by molar-refractivity contribution is 0.293. The topological polar surface area (TPSA) is 48.1 Å². The molecule has 0 saturated heterocycles. The van der Waals surface area contributed by atoms with Crippen molar-refractivity contribution in [3.8, 4) is 5.88 Å². The molecule has 4 heteroatoms. The molecule has 0 spiro atoms. The highest BCUT2D eigenvalue weighted by molar-refractivity contribution is 6.31. The van der Waals surface area contributed by atoms with E-state index < -0.39 is 0 Å². The average Bonchev–Trinajstić information content (AvgIpc) is 2.35. The molecule has 0 saturated carbocycles. The normalized spacial score (nSPS) is 10.5. The van der Waals surface area contributed by atoms with E-state index in [9.17, 15) is 0 Å². The van der Waals surface area contributed by atoms with Gasteiger partial charge in [-0.15, -0.1) is 0 Å². The summed E-state index contributed by atoms with van der Waals surface area (Å²) in [5.74, 6) is 0.513. The standard InChI is InChI=1S/C13H21ClN2O/c1-2-3-4-5-6-7-17-13-12(14)8-11(9-15)10-16-13/h8,10H,2-7,9,15H2,1H3. The summed E-state index contributed by atoms with van der Waals surface area (Å²) in [5.41, 5.74) is 6.42. The smallest absolute Gasteiger partial charge is 0.232 e. The van der Waals surface area contributed by atoms with Gasteiger partial charge in [0.25, 0.3) is 0 Å². The van der Waals surface area contributed by atoms with Crippen LogP contribution in [0.5, 0.6) is 5.88 Å². The number of ether oxygens (including phenoxy) is 1. The molecular weight excluding hydrogens is 236 g/mol. The number of hydrogen-bond donors (Lipinski definition) is 1. The summed E-state index contributed by atoms with van der Waals surface area (Å²) in [5, 5.41) is 0.543. The van der Waals surface area contributed by atoms with E-state index in [0.717, 1.165) is 12.0 Å². The van der Waals surface area contributed by atoms with Crippen LogP contribution in [-0.4, -0.2) is 11.6 Å². The number of aromatic nitrogens is 1. The molecule has 0 aliphatic carbocycles. The van der Waals surface area contributed by atoms with Crippen LogP contribution in [0.25, 0.3) is 0 Å². The van der Waals surface area contributed by atoms with Crippen molar-refractivity contribution in [2.24, 2.45) is 5.73 Å². The maximum Gasteiger partial charge on any atom is 0.232 e. The zero-order valence-corrected chi connectivity index (χ0v) is 11.2. The van der Waals surface area contributed by atoms with Gasteiger partial charge in [0.1, 0.15) is 5.02 Å². The molecule has 1 heterocycles. The Bertz CT molecular complexity index is 331. The van der Waals surface area contributed by atoms with Crippen LogP contribution in [0.2, 0.25) is 5.02 Å². The van der Waals surface area contributed by atoms with Gasteiger partial charge in [0.2, 0.25) is 5.88 Å². The maximum absolute atomic E-state index is 6.03. The second-order valence-electron chi connectivity index (χ2n) is 4.10. The number of nitrogens with zero attached hydrogens (tertiary/aromatic N) is 1. The first kappa shape index (κ1) is 14.3. The lowest BCUT2D eigenvalue weighted by atomic mass is 10.2. The largest absolute Gasteiger partial charge is 0.477 e. The van der Waals surface area contributed by atoms with Crippen LogP contribution < -0.4 is 10.5 Å². The second kappa shape index (κ2) is 8.31. The van der Waals surface area contributed by atoms with E-state index in [1.165, 1.54) is 25.7 Å². The van der Waals surface area contributed by atoms with Crippen molar-refractivity contribution in [2.75, 3.05) is 6.61 Å². The molecule has 0 amide bonds. The molecule has 1 rings (SSSR count). The van der Waals surface area contributed by atoms with Gasteiger partial charge < -0.3 is 10.5 Å². The minimum atomic E-state index is 0.448. The molecule has 0 fully saturated rings. The number of halogens is 1. The van der Waals surface area contributed by atoms with E-state index in [4.69, 9.17) is 22.1 Å². The fourth-order valence-electron chi connectivity index (χ4n) is 1.56. The van der Waals surface area contributed by atoms with Gasteiger partial charge >= 0.3 is 0 Å². The molecule has 0 unspecified atom stereocenters. The molecule has 0 radical (unpaired) electrons. The second-order valence-corrected chi connectivity index (χ2v) is 4.50. The zero-order chi connectivity index (χ0) is 12.5. The summed E-state index contributed by atoms with van der Waals surface area (Å²) in [6.07, 6.45) is 7.79. The molecule has 0 aliphatic rings. The molecule has 1 aromatic heterocycles. The van der Waals surface area contributed by atoms with Crippen LogP contribution in [-0.2, 0) is 6.54 Å². The molecule has 96 valence electrons. The predicted octanol–water partition coefficient (Wildman–Crippen LogP) is 3.54. The predicted molar refractivity (Wildman–Crippen MR) is 71.4 cm³/mol. The van der Waals surface area contributed by atoms with Gasteiger partial charge in [-0.3, -0.25) is 0 Å². The Morgan fingerprint density at radius 1 is 1.29 bits per heavy atom. The SMILES string of the molecule is CCCCCCCOc1ncc(CN)cc1Cl. The summed E-state index contributed by atoms with van der Waals surface area (Å²) in [6.45, 7) is 3.33. The quantitative estimate of drug-likeness (QED) is 0.724. The molecule has 0 bridgehead atoms. The maximum atomic E-state index is 6.03. The monoisotopic (exact) mass is 256 g/mol. The first-order valence-corrected chi connectivity index (χ1v) is 6.63. The van der Waals surface area contributed by atoms with Crippen molar-refractivity contribution in [1.82, 2.24) is 4.98 Å². The summed E-state index contributed by atoms with van der Waals surface area (Å²) in [4.78, 5) is 4.15. The molecule has 3 nitrogen and oxygen atoms in total. The molecule has 1 aromatic rings. The van der Waals surface area contributed by atoms with Crippen LogP contribution in [0.4, 0.5) is 0 Å². The Kier molecular flexibility index (Phi) is 6.97. The van der Waals surface area contributed by atoms with Gasteiger partial charge in [-0.2, -0.15) is 0 Å². The fraction of sp³-hybridized carbons (Fsp3) is 0.615. The minimum absolute atomic E-state index is 0.448. The van der Waals surface area contributed by atoms with E-state index in [1.54, 1.807) is 12.3 Å². The lowest BCUT2D eigenvalue weighted by Gasteiger charge is -2.07. The van der Waals surface area contributed by atoms with E-state index in [1.807, 2.05) is 0 Å². The van der Waals surface area contributed by atoms with Crippen molar-refractivity contribution in [3.05, 3.63) is 22.8 Å². The van der Waals surface area contributed by atoms with Gasteiger partial charge in [0, 0.05) is 12.7 Å². The highest BCUT2D eigenvalue weighted by Crippen LogP contribution is 2.22. The Morgan fingerprint density at radius 2 is 2.06 bits per heavy atom. The molecule has 2 N–H and O–H groups in total. The third kappa shape index (κ3) is 5.37. The Balaban J connectivity index is 2.27. The lowest BCUT2D eigenvalue weighted by Crippen LogP contribution is -2.02. The first-order chi connectivity index (χ1) is 8.27. The average molecular weight is 257 g/mol. The van der Waals surface area contributed by atoms with E-state index in [-0.39, 0.29) is 0 Å². The molecule has 17 heavy (non-hydrogen) atoms. The number of unbranched alkanes of at least 4 members (excludes halogenated alkanes) is 4. The van der Waals surface area contributed by atoms with Crippen molar-refractivity contribution in [3.63, 3.8) is 0 Å². The van der Waals surface area contributed by atoms with Gasteiger partial charge in [0.15, 0.2) is 0 Å². The van der Waals surface area contributed by atoms with Crippen LogP contribution in [0, 0.1) is 0 Å². The van der Waals surface area contributed by atoms with Crippen LogP contribution >= 0.6 is 11.6 Å². The Hall–Kier alpha value is -0.800. The third-order valence-electron chi connectivity index (χ3n) is 2.59. The van der Waals surface area contributed by atoms with Gasteiger partial charge in [-0.1, -0.05) is 44.2 Å². The molecule has 0 aromatic carbocycles. The van der Waals surface area contributed by atoms with Gasteiger partial charge in [-0.25, -0.2) is 4.98 Å². The van der Waals surface area contributed by atoms with Gasteiger partial charge in [-0.05, 0) is 18.1 Å². The van der Waals surface area contributed by atoms with Crippen molar-refractivity contribution in [2.45, 2.75) is 45.6 Å². The van der Waals surface area contributed by atoms with Gasteiger partial charge in [0.05, 0.1) is 6.61 Å². The molecule has 0 aliphatic heterocycles. The highest BCUT2D eigenvalue weighted by atomic mass is 35.5. The number of nitrogens with two attached hydrogens (primary N) is 1. The summed E-state index contributed by atoms with van der Waals surface area (Å²) >= 11 is 6.03. The van der Waals surface area contributed by atoms with Crippen LogP contribution in [0.1, 0.15) is 44.6 Å². The number of pyridine rings is 1. The number of hydrogen-bond acceptors (Lipinski definition) is 3. The van der Waals surface area contributed by atoms with E-state index >= 15 is 0 Å². The highest BCUT2D eigenvalue weighted by Gasteiger charge is 2.03. The summed E-state index contributed by atoms with van der Waals surface area (Å²) in [6, 6.07) is 1.81. The molecule has 0 atom stereocenters. The number of rotatable bonds is 8.